The summed E-state index contributed by atoms with van der Waals surface area (Å²) < 4.78 is 31.2. The van der Waals surface area contributed by atoms with Crippen molar-refractivity contribution in [3.05, 3.63) is 59.3 Å². The lowest BCUT2D eigenvalue weighted by Crippen LogP contribution is -2.32. The average molecular weight is 308 g/mol. The number of aliphatic hydroxyl groups excluding tert-OH is 1. The van der Waals surface area contributed by atoms with Crippen molar-refractivity contribution >= 4 is 0 Å². The van der Waals surface area contributed by atoms with Crippen LogP contribution < -0.4 is 10.1 Å². The molecule has 1 aromatic carbocycles. The predicted molar refractivity (Wildman–Crippen MR) is 78.4 cm³/mol. The molecule has 0 amide bonds. The Kier molecular flexibility index (Phi) is 5.41. The quantitative estimate of drug-likeness (QED) is 0.861. The van der Waals surface area contributed by atoms with Crippen molar-refractivity contribution in [2.45, 2.75) is 25.6 Å². The van der Waals surface area contributed by atoms with Crippen LogP contribution in [-0.4, -0.2) is 23.2 Å². The average Bonchev–Trinajstić information content (AvgIpc) is 2.54. The highest BCUT2D eigenvalue weighted by atomic mass is 19.2. The van der Waals surface area contributed by atoms with Crippen molar-refractivity contribution in [1.29, 1.82) is 0 Å². The number of rotatable bonds is 6. The maximum Gasteiger partial charge on any atom is 0.213 e. The Hall–Kier alpha value is -2.05. The maximum atomic E-state index is 13.2. The van der Waals surface area contributed by atoms with Gasteiger partial charge in [0.05, 0.1) is 18.9 Å². The summed E-state index contributed by atoms with van der Waals surface area (Å²) in [5.41, 5.74) is 1.07. The number of hydrogen-bond donors (Lipinski definition) is 2. The predicted octanol–water partition coefficient (Wildman–Crippen LogP) is 2.58. The third kappa shape index (κ3) is 3.99. The van der Waals surface area contributed by atoms with Gasteiger partial charge in [0.15, 0.2) is 11.6 Å². The van der Waals surface area contributed by atoms with Gasteiger partial charge in [0.2, 0.25) is 5.88 Å². The van der Waals surface area contributed by atoms with E-state index in [0.29, 0.717) is 18.0 Å². The van der Waals surface area contributed by atoms with Crippen LogP contribution in [-0.2, 0) is 6.54 Å². The van der Waals surface area contributed by atoms with Crippen LogP contribution in [0.5, 0.6) is 5.88 Å². The first-order valence-electron chi connectivity index (χ1n) is 6.87. The van der Waals surface area contributed by atoms with Gasteiger partial charge in [-0.15, -0.1) is 0 Å². The van der Waals surface area contributed by atoms with Crippen LogP contribution in [0, 0.1) is 11.6 Å². The molecule has 0 radical (unpaired) electrons. The number of hydrogen-bond acceptors (Lipinski definition) is 4. The van der Waals surface area contributed by atoms with Crippen molar-refractivity contribution in [3.8, 4) is 5.88 Å². The molecule has 0 fully saturated rings. The molecule has 0 saturated carbocycles. The normalized spacial score (nSPS) is 13.7. The largest absolute Gasteiger partial charge is 0.481 e. The van der Waals surface area contributed by atoms with Gasteiger partial charge in [0, 0.05) is 18.7 Å². The molecule has 2 rings (SSSR count). The number of methoxy groups -OCH3 is 1. The van der Waals surface area contributed by atoms with E-state index in [-0.39, 0.29) is 6.04 Å². The van der Waals surface area contributed by atoms with Gasteiger partial charge in [-0.3, -0.25) is 0 Å². The minimum atomic E-state index is -0.974. The summed E-state index contributed by atoms with van der Waals surface area (Å²) in [6, 6.07) is 8.39. The minimum absolute atomic E-state index is 0.317. The van der Waals surface area contributed by atoms with E-state index in [0.717, 1.165) is 17.8 Å². The Morgan fingerprint density at radius 2 is 2.00 bits per heavy atom. The summed E-state index contributed by atoms with van der Waals surface area (Å²) in [6.07, 6.45) is -0.958. The molecule has 0 saturated heterocycles. The van der Waals surface area contributed by atoms with Gasteiger partial charge in [-0.1, -0.05) is 12.1 Å². The number of ether oxygens (including phenoxy) is 1. The number of benzene rings is 1. The number of nitrogens with zero attached hydrogens (tertiary/aromatic N) is 1. The Bertz CT molecular complexity index is 637. The number of aromatic nitrogens is 1. The summed E-state index contributed by atoms with van der Waals surface area (Å²) in [5, 5.41) is 13.3. The lowest BCUT2D eigenvalue weighted by Gasteiger charge is -2.20. The molecule has 118 valence electrons. The molecule has 4 nitrogen and oxygen atoms in total. The fourth-order valence-electron chi connectivity index (χ4n) is 2.03. The van der Waals surface area contributed by atoms with Crippen LogP contribution in [0.3, 0.4) is 0 Å². The number of aliphatic hydroxyl groups is 1. The fraction of sp³-hybridized carbons (Fsp3) is 0.312. The van der Waals surface area contributed by atoms with Gasteiger partial charge in [-0.25, -0.2) is 13.8 Å². The fourth-order valence-corrected chi connectivity index (χ4v) is 2.03. The Labute approximate surface area is 127 Å². The number of nitrogens with one attached hydrogen (secondary N) is 1. The van der Waals surface area contributed by atoms with E-state index < -0.39 is 17.7 Å². The smallest absolute Gasteiger partial charge is 0.213 e. The monoisotopic (exact) mass is 308 g/mol. The first-order chi connectivity index (χ1) is 10.5. The highest BCUT2D eigenvalue weighted by Gasteiger charge is 2.17. The molecule has 2 atom stereocenters. The second-order valence-corrected chi connectivity index (χ2v) is 4.96. The van der Waals surface area contributed by atoms with Gasteiger partial charge in [0.25, 0.3) is 0 Å². The summed E-state index contributed by atoms with van der Waals surface area (Å²) >= 11 is 0. The zero-order valence-corrected chi connectivity index (χ0v) is 12.4. The summed E-state index contributed by atoms with van der Waals surface area (Å²) in [7, 11) is 1.54. The third-order valence-corrected chi connectivity index (χ3v) is 3.35. The number of pyridine rings is 1. The molecule has 0 spiro atoms. The topological polar surface area (TPSA) is 54.4 Å². The molecule has 2 aromatic rings. The molecule has 0 aliphatic rings. The van der Waals surface area contributed by atoms with Gasteiger partial charge >= 0.3 is 0 Å². The zero-order chi connectivity index (χ0) is 16.1. The van der Waals surface area contributed by atoms with Crippen molar-refractivity contribution in [2.24, 2.45) is 0 Å². The lowest BCUT2D eigenvalue weighted by atomic mass is 10.0. The van der Waals surface area contributed by atoms with Gasteiger partial charge in [-0.05, 0) is 30.7 Å². The van der Waals surface area contributed by atoms with E-state index in [9.17, 15) is 13.9 Å². The van der Waals surface area contributed by atoms with Crippen LogP contribution in [0.2, 0.25) is 0 Å². The highest BCUT2D eigenvalue weighted by Crippen LogP contribution is 2.19. The summed E-state index contributed by atoms with van der Waals surface area (Å²) in [6.45, 7) is 2.17. The number of halogens is 2. The molecule has 6 heteroatoms. The van der Waals surface area contributed by atoms with E-state index in [1.807, 2.05) is 12.1 Å². The van der Waals surface area contributed by atoms with Crippen LogP contribution >= 0.6 is 0 Å². The molecular weight excluding hydrogens is 290 g/mol. The molecule has 0 aliphatic carbocycles. The van der Waals surface area contributed by atoms with Crippen LogP contribution in [0.1, 0.15) is 24.3 Å². The van der Waals surface area contributed by atoms with Crippen molar-refractivity contribution in [3.63, 3.8) is 0 Å². The van der Waals surface area contributed by atoms with Gasteiger partial charge < -0.3 is 15.2 Å². The maximum absolute atomic E-state index is 13.2. The molecule has 1 aromatic heterocycles. The van der Waals surface area contributed by atoms with Crippen molar-refractivity contribution in [2.75, 3.05) is 7.11 Å². The highest BCUT2D eigenvalue weighted by molar-refractivity contribution is 5.21. The Morgan fingerprint density at radius 1 is 1.23 bits per heavy atom. The SMILES string of the molecule is COc1cccc(CNC(C)C(O)c2ccc(F)c(F)c2)n1. The second-order valence-electron chi connectivity index (χ2n) is 4.96. The lowest BCUT2D eigenvalue weighted by molar-refractivity contribution is 0.134. The molecule has 2 unspecified atom stereocenters. The van der Waals surface area contributed by atoms with E-state index >= 15 is 0 Å². The Morgan fingerprint density at radius 3 is 2.68 bits per heavy atom. The van der Waals surface area contributed by atoms with Gasteiger partial charge in [-0.2, -0.15) is 0 Å². The molecule has 0 bridgehead atoms. The van der Waals surface area contributed by atoms with Crippen LogP contribution in [0.4, 0.5) is 8.78 Å². The van der Waals surface area contributed by atoms with E-state index in [1.54, 1.807) is 13.0 Å². The first kappa shape index (κ1) is 16.3. The minimum Gasteiger partial charge on any atom is -0.481 e. The summed E-state index contributed by atoms with van der Waals surface area (Å²) in [5.74, 6) is -1.40. The van der Waals surface area contributed by atoms with Crippen molar-refractivity contribution < 1.29 is 18.6 Å². The first-order valence-corrected chi connectivity index (χ1v) is 6.87. The van der Waals surface area contributed by atoms with E-state index in [1.165, 1.54) is 13.2 Å². The molecule has 1 heterocycles. The standard InChI is InChI=1S/C16H18F2N2O2/c1-10(16(21)11-6-7-13(17)14(18)8-11)19-9-12-4-3-5-15(20-12)22-2/h3-8,10,16,19,21H,9H2,1-2H3. The van der Waals surface area contributed by atoms with E-state index in [2.05, 4.69) is 10.3 Å². The second kappa shape index (κ2) is 7.29. The van der Waals surface area contributed by atoms with Crippen LogP contribution in [0.25, 0.3) is 0 Å². The van der Waals surface area contributed by atoms with Crippen LogP contribution in [0.15, 0.2) is 36.4 Å². The molecule has 2 N–H and O–H groups in total. The van der Waals surface area contributed by atoms with E-state index in [4.69, 9.17) is 4.74 Å². The van der Waals surface area contributed by atoms with Gasteiger partial charge in [0.1, 0.15) is 0 Å². The van der Waals surface area contributed by atoms with Crippen molar-refractivity contribution in [1.82, 2.24) is 10.3 Å². The molecular formula is C16H18F2N2O2. The third-order valence-electron chi connectivity index (χ3n) is 3.35. The molecule has 0 aliphatic heterocycles. The molecule has 22 heavy (non-hydrogen) atoms. The summed E-state index contributed by atoms with van der Waals surface area (Å²) in [4.78, 5) is 4.25. The Balaban J connectivity index is 1.98. The zero-order valence-electron chi connectivity index (χ0n) is 12.4.